The number of hydrogen-bond acceptors (Lipinski definition) is 6. The number of benzene rings is 1. The standard InChI is InChI=1S/C14H15N3O4/c18-9-10-8-16(5-6-21-10)14-11-3-1-2-4-12(11)15-7-13(14)17(19)20/h1-4,7,10,18H,5-6,8-9H2. The maximum absolute atomic E-state index is 11.3. The fraction of sp³-hybridized carbons (Fsp3) is 0.357. The Balaban J connectivity index is 2.14. The number of aliphatic hydroxyl groups is 1. The first kappa shape index (κ1) is 13.7. The summed E-state index contributed by atoms with van der Waals surface area (Å²) in [7, 11) is 0. The molecule has 0 spiro atoms. The molecule has 1 fully saturated rings. The van der Waals surface area contributed by atoms with Gasteiger partial charge in [-0.25, -0.2) is 4.98 Å². The van der Waals surface area contributed by atoms with Crippen molar-refractivity contribution in [2.75, 3.05) is 31.2 Å². The van der Waals surface area contributed by atoms with Crippen molar-refractivity contribution < 1.29 is 14.8 Å². The monoisotopic (exact) mass is 289 g/mol. The number of pyridine rings is 1. The Morgan fingerprint density at radius 3 is 3.05 bits per heavy atom. The lowest BCUT2D eigenvalue weighted by Gasteiger charge is -2.33. The highest BCUT2D eigenvalue weighted by Crippen LogP contribution is 2.35. The Morgan fingerprint density at radius 2 is 2.29 bits per heavy atom. The van der Waals surface area contributed by atoms with E-state index in [1.54, 1.807) is 0 Å². The lowest BCUT2D eigenvalue weighted by molar-refractivity contribution is -0.384. The average Bonchev–Trinajstić information content (AvgIpc) is 2.53. The Morgan fingerprint density at radius 1 is 1.48 bits per heavy atom. The molecule has 1 aromatic heterocycles. The number of aromatic nitrogens is 1. The zero-order chi connectivity index (χ0) is 14.8. The second-order valence-corrected chi connectivity index (χ2v) is 4.89. The van der Waals surface area contributed by atoms with Gasteiger partial charge in [0.2, 0.25) is 0 Å². The first-order valence-electron chi connectivity index (χ1n) is 6.70. The third-order valence-corrected chi connectivity index (χ3v) is 3.58. The number of anilines is 1. The molecule has 2 heterocycles. The third kappa shape index (κ3) is 2.53. The number of morpholine rings is 1. The zero-order valence-electron chi connectivity index (χ0n) is 11.3. The van der Waals surface area contributed by atoms with Crippen LogP contribution in [0.4, 0.5) is 11.4 Å². The van der Waals surface area contributed by atoms with Gasteiger partial charge in [-0.3, -0.25) is 10.1 Å². The van der Waals surface area contributed by atoms with E-state index >= 15 is 0 Å². The molecule has 0 radical (unpaired) electrons. The second kappa shape index (κ2) is 5.63. The highest BCUT2D eigenvalue weighted by molar-refractivity contribution is 5.96. The summed E-state index contributed by atoms with van der Waals surface area (Å²) in [5.41, 5.74) is 1.24. The van der Waals surface area contributed by atoms with Crippen LogP contribution in [0, 0.1) is 10.1 Å². The van der Waals surface area contributed by atoms with Gasteiger partial charge in [-0.2, -0.15) is 0 Å². The van der Waals surface area contributed by atoms with Crippen molar-refractivity contribution in [3.63, 3.8) is 0 Å². The Labute approximate surface area is 120 Å². The molecule has 1 saturated heterocycles. The minimum absolute atomic E-state index is 0.0210. The number of aliphatic hydroxyl groups excluding tert-OH is 1. The molecule has 7 heteroatoms. The zero-order valence-corrected chi connectivity index (χ0v) is 11.3. The van der Waals surface area contributed by atoms with Gasteiger partial charge in [0.15, 0.2) is 0 Å². The summed E-state index contributed by atoms with van der Waals surface area (Å²) in [6, 6.07) is 7.34. The molecule has 0 saturated carbocycles. The van der Waals surface area contributed by atoms with E-state index in [2.05, 4.69) is 4.98 Å². The van der Waals surface area contributed by atoms with Crippen LogP contribution in [0.2, 0.25) is 0 Å². The van der Waals surface area contributed by atoms with Gasteiger partial charge in [-0.05, 0) is 6.07 Å². The topological polar surface area (TPSA) is 88.7 Å². The quantitative estimate of drug-likeness (QED) is 0.677. The van der Waals surface area contributed by atoms with Crippen LogP contribution in [-0.4, -0.2) is 47.4 Å². The van der Waals surface area contributed by atoms with Gasteiger partial charge in [-0.1, -0.05) is 18.2 Å². The molecule has 1 aromatic carbocycles. The van der Waals surface area contributed by atoms with Gasteiger partial charge >= 0.3 is 5.69 Å². The molecule has 7 nitrogen and oxygen atoms in total. The van der Waals surface area contributed by atoms with Crippen LogP contribution in [-0.2, 0) is 4.74 Å². The normalized spacial score (nSPS) is 18.9. The van der Waals surface area contributed by atoms with Crippen molar-refractivity contribution in [1.29, 1.82) is 0 Å². The first-order valence-corrected chi connectivity index (χ1v) is 6.70. The lowest BCUT2D eigenvalue weighted by Crippen LogP contribution is -2.44. The number of para-hydroxylation sites is 1. The van der Waals surface area contributed by atoms with Crippen molar-refractivity contribution in [3.05, 3.63) is 40.6 Å². The van der Waals surface area contributed by atoms with Crippen LogP contribution in [0.1, 0.15) is 0 Å². The van der Waals surface area contributed by atoms with Crippen LogP contribution in [0.15, 0.2) is 30.5 Å². The van der Waals surface area contributed by atoms with Gasteiger partial charge in [-0.15, -0.1) is 0 Å². The minimum atomic E-state index is -0.418. The predicted octanol–water partition coefficient (Wildman–Crippen LogP) is 1.34. The van der Waals surface area contributed by atoms with Gasteiger partial charge in [0, 0.05) is 18.5 Å². The van der Waals surface area contributed by atoms with E-state index in [0.717, 1.165) is 5.39 Å². The number of ether oxygens (including phenoxy) is 1. The highest BCUT2D eigenvalue weighted by atomic mass is 16.6. The summed E-state index contributed by atoms with van der Waals surface area (Å²) in [6.07, 6.45) is 0.964. The molecule has 0 bridgehead atoms. The van der Waals surface area contributed by atoms with Crippen molar-refractivity contribution in [2.24, 2.45) is 0 Å². The maximum atomic E-state index is 11.3. The van der Waals surface area contributed by atoms with Crippen molar-refractivity contribution in [2.45, 2.75) is 6.10 Å². The summed E-state index contributed by atoms with van der Waals surface area (Å²) in [4.78, 5) is 16.9. The number of nitro groups is 1. The van der Waals surface area contributed by atoms with Crippen LogP contribution >= 0.6 is 0 Å². The number of hydrogen-bond donors (Lipinski definition) is 1. The molecule has 3 rings (SSSR count). The molecule has 1 atom stereocenters. The van der Waals surface area contributed by atoms with Gasteiger partial charge in [0.05, 0.1) is 29.8 Å². The van der Waals surface area contributed by atoms with Crippen molar-refractivity contribution >= 4 is 22.3 Å². The van der Waals surface area contributed by atoms with E-state index in [9.17, 15) is 15.2 Å². The highest BCUT2D eigenvalue weighted by Gasteiger charge is 2.28. The molecular formula is C14H15N3O4. The summed E-state index contributed by atoms with van der Waals surface area (Å²) in [5.74, 6) is 0. The second-order valence-electron chi connectivity index (χ2n) is 4.89. The average molecular weight is 289 g/mol. The van der Waals surface area contributed by atoms with Crippen molar-refractivity contribution in [1.82, 2.24) is 4.98 Å². The van der Waals surface area contributed by atoms with Crippen LogP contribution < -0.4 is 4.90 Å². The minimum Gasteiger partial charge on any atom is -0.394 e. The van der Waals surface area contributed by atoms with E-state index < -0.39 is 4.92 Å². The number of rotatable bonds is 3. The number of fused-ring (bicyclic) bond motifs is 1. The summed E-state index contributed by atoms with van der Waals surface area (Å²) >= 11 is 0. The predicted molar refractivity (Wildman–Crippen MR) is 77.4 cm³/mol. The molecule has 2 aromatic rings. The molecule has 0 amide bonds. The fourth-order valence-electron chi connectivity index (χ4n) is 2.62. The maximum Gasteiger partial charge on any atom is 0.311 e. The van der Waals surface area contributed by atoms with Gasteiger partial charge in [0.1, 0.15) is 11.9 Å². The molecule has 1 unspecified atom stereocenters. The SMILES string of the molecule is O=[N+]([O-])c1cnc2ccccc2c1N1CCOC(CO)C1. The lowest BCUT2D eigenvalue weighted by atomic mass is 10.1. The molecule has 0 aliphatic carbocycles. The van der Waals surface area contributed by atoms with Gasteiger partial charge in [0.25, 0.3) is 0 Å². The van der Waals surface area contributed by atoms with Crippen LogP contribution in [0.25, 0.3) is 10.9 Å². The van der Waals surface area contributed by atoms with Crippen LogP contribution in [0.3, 0.4) is 0 Å². The largest absolute Gasteiger partial charge is 0.394 e. The van der Waals surface area contributed by atoms with E-state index in [4.69, 9.17) is 4.74 Å². The summed E-state index contributed by atoms with van der Waals surface area (Å²) in [5, 5.41) is 21.3. The molecule has 21 heavy (non-hydrogen) atoms. The molecule has 110 valence electrons. The molecule has 1 aliphatic rings. The molecule has 1 aliphatic heterocycles. The Hall–Kier alpha value is -2.25. The first-order chi connectivity index (χ1) is 10.2. The van der Waals surface area contributed by atoms with E-state index in [-0.39, 0.29) is 18.4 Å². The molecule has 1 N–H and O–H groups in total. The van der Waals surface area contributed by atoms with Crippen molar-refractivity contribution in [3.8, 4) is 0 Å². The summed E-state index contributed by atoms with van der Waals surface area (Å²) < 4.78 is 5.41. The Bertz CT molecular complexity index is 676. The fourth-order valence-corrected chi connectivity index (χ4v) is 2.62. The van der Waals surface area contributed by atoms with E-state index in [1.165, 1.54) is 6.20 Å². The Kier molecular flexibility index (Phi) is 3.68. The van der Waals surface area contributed by atoms with E-state index in [1.807, 2.05) is 29.2 Å². The smallest absolute Gasteiger partial charge is 0.311 e. The summed E-state index contributed by atoms with van der Waals surface area (Å²) in [6.45, 7) is 1.29. The molecular weight excluding hydrogens is 274 g/mol. The van der Waals surface area contributed by atoms with E-state index in [0.29, 0.717) is 30.9 Å². The third-order valence-electron chi connectivity index (χ3n) is 3.58. The number of nitrogens with zero attached hydrogens (tertiary/aromatic N) is 3. The van der Waals surface area contributed by atoms with Crippen LogP contribution in [0.5, 0.6) is 0 Å². The van der Waals surface area contributed by atoms with Gasteiger partial charge < -0.3 is 14.7 Å².